The molecule has 0 aliphatic rings. The summed E-state index contributed by atoms with van der Waals surface area (Å²) in [6.45, 7) is 4.04. The molecule has 0 saturated carbocycles. The van der Waals surface area contributed by atoms with Crippen LogP contribution in [0.25, 0.3) is 0 Å². The molecular formula is C18H23ClN2O2S. The minimum Gasteiger partial charge on any atom is -0.478 e. The molecule has 0 saturated heterocycles. The van der Waals surface area contributed by atoms with E-state index < -0.39 is 5.60 Å². The maximum atomic E-state index is 12.6. The zero-order valence-electron chi connectivity index (χ0n) is 14.4. The fraction of sp³-hybridized carbons (Fsp3) is 0.389. The van der Waals surface area contributed by atoms with Crippen molar-refractivity contribution in [3.63, 3.8) is 0 Å². The number of benzene rings is 1. The molecule has 6 heteroatoms. The number of halogens is 1. The van der Waals surface area contributed by atoms with Crippen molar-refractivity contribution >= 4 is 28.8 Å². The Morgan fingerprint density at radius 2 is 1.96 bits per heavy atom. The quantitative estimate of drug-likeness (QED) is 0.805. The molecule has 0 aliphatic heterocycles. The summed E-state index contributed by atoms with van der Waals surface area (Å²) in [5.41, 5.74) is 0.223. The molecule has 4 nitrogen and oxygen atoms in total. The number of nitrogens with one attached hydrogen (secondary N) is 1. The molecule has 1 aromatic carbocycles. The van der Waals surface area contributed by atoms with Crippen molar-refractivity contribution in [3.8, 4) is 5.75 Å². The first kappa shape index (κ1) is 18.8. The van der Waals surface area contributed by atoms with Crippen LogP contribution in [0.2, 0.25) is 5.02 Å². The Bertz CT molecular complexity index is 654. The van der Waals surface area contributed by atoms with Gasteiger partial charge in [0.1, 0.15) is 5.75 Å². The number of thiophene rings is 1. The summed E-state index contributed by atoms with van der Waals surface area (Å²) in [6.07, 6.45) is 0. The SMILES string of the molecule is CN(C)C(CNC(=O)C(C)(C)Oc1ccc(Cl)cc1)c1ccsc1. The zero-order valence-corrected chi connectivity index (χ0v) is 15.9. The van der Waals surface area contributed by atoms with E-state index in [0.29, 0.717) is 17.3 Å². The molecule has 1 heterocycles. The largest absolute Gasteiger partial charge is 0.478 e. The number of hydrogen-bond acceptors (Lipinski definition) is 4. The number of ether oxygens (including phenoxy) is 1. The van der Waals surface area contributed by atoms with E-state index in [-0.39, 0.29) is 11.9 Å². The lowest BCUT2D eigenvalue weighted by molar-refractivity contribution is -0.134. The summed E-state index contributed by atoms with van der Waals surface area (Å²) in [7, 11) is 4.01. The van der Waals surface area contributed by atoms with Gasteiger partial charge in [-0.15, -0.1) is 0 Å². The monoisotopic (exact) mass is 366 g/mol. The van der Waals surface area contributed by atoms with Gasteiger partial charge in [-0.3, -0.25) is 4.79 Å². The average molecular weight is 367 g/mol. The van der Waals surface area contributed by atoms with Crippen molar-refractivity contribution in [1.29, 1.82) is 0 Å². The molecule has 2 aromatic rings. The summed E-state index contributed by atoms with van der Waals surface area (Å²) in [5.74, 6) is 0.459. The van der Waals surface area contributed by atoms with Gasteiger partial charge in [0.2, 0.25) is 0 Å². The van der Waals surface area contributed by atoms with Gasteiger partial charge in [0.05, 0.1) is 6.04 Å². The van der Waals surface area contributed by atoms with Crippen LogP contribution in [0.15, 0.2) is 41.1 Å². The molecule has 24 heavy (non-hydrogen) atoms. The summed E-state index contributed by atoms with van der Waals surface area (Å²) >= 11 is 7.52. The van der Waals surface area contributed by atoms with Crippen molar-refractivity contribution in [2.45, 2.75) is 25.5 Å². The predicted octanol–water partition coefficient (Wildman–Crippen LogP) is 3.98. The summed E-state index contributed by atoms with van der Waals surface area (Å²) in [4.78, 5) is 14.6. The number of hydrogen-bond donors (Lipinski definition) is 1. The zero-order chi connectivity index (χ0) is 17.7. The minimum absolute atomic E-state index is 0.131. The number of carbonyl (C=O) groups is 1. The normalized spacial score (nSPS) is 12.9. The maximum Gasteiger partial charge on any atom is 0.263 e. The van der Waals surface area contributed by atoms with Gasteiger partial charge < -0.3 is 15.0 Å². The fourth-order valence-corrected chi connectivity index (χ4v) is 3.14. The highest BCUT2D eigenvalue weighted by Crippen LogP contribution is 2.22. The van der Waals surface area contributed by atoms with Gasteiger partial charge in [-0.05, 0) is 74.6 Å². The maximum absolute atomic E-state index is 12.6. The molecule has 0 aliphatic carbocycles. The third-order valence-electron chi connectivity index (χ3n) is 3.74. The van der Waals surface area contributed by atoms with E-state index in [1.54, 1.807) is 49.4 Å². The summed E-state index contributed by atoms with van der Waals surface area (Å²) in [6, 6.07) is 9.20. The van der Waals surface area contributed by atoms with Crippen LogP contribution in [0.4, 0.5) is 0 Å². The lowest BCUT2D eigenvalue weighted by Gasteiger charge is -2.28. The van der Waals surface area contributed by atoms with Crippen LogP contribution in [0, 0.1) is 0 Å². The Kier molecular flexibility index (Phi) is 6.27. The topological polar surface area (TPSA) is 41.6 Å². The highest BCUT2D eigenvalue weighted by molar-refractivity contribution is 7.07. The van der Waals surface area contributed by atoms with E-state index in [2.05, 4.69) is 21.7 Å². The molecule has 130 valence electrons. The third-order valence-corrected chi connectivity index (χ3v) is 4.69. The van der Waals surface area contributed by atoms with Gasteiger partial charge in [0.15, 0.2) is 5.60 Å². The predicted molar refractivity (Wildman–Crippen MR) is 99.9 cm³/mol. The van der Waals surface area contributed by atoms with Crippen LogP contribution in [-0.2, 0) is 4.79 Å². The van der Waals surface area contributed by atoms with Gasteiger partial charge in [0.25, 0.3) is 5.91 Å². The van der Waals surface area contributed by atoms with Crippen LogP contribution in [-0.4, -0.2) is 37.0 Å². The van der Waals surface area contributed by atoms with Crippen molar-refractivity contribution in [2.75, 3.05) is 20.6 Å². The van der Waals surface area contributed by atoms with Gasteiger partial charge >= 0.3 is 0 Å². The van der Waals surface area contributed by atoms with E-state index in [4.69, 9.17) is 16.3 Å². The van der Waals surface area contributed by atoms with E-state index >= 15 is 0 Å². The number of amides is 1. The molecule has 0 bridgehead atoms. The van der Waals surface area contributed by atoms with E-state index in [1.807, 2.05) is 19.5 Å². The lowest BCUT2D eigenvalue weighted by Crippen LogP contribution is -2.48. The fourth-order valence-electron chi connectivity index (χ4n) is 2.31. The first-order valence-electron chi connectivity index (χ1n) is 7.71. The first-order chi connectivity index (χ1) is 11.3. The Morgan fingerprint density at radius 1 is 1.29 bits per heavy atom. The second-order valence-corrected chi connectivity index (χ2v) is 7.53. The molecule has 0 spiro atoms. The third kappa shape index (κ3) is 4.97. The van der Waals surface area contributed by atoms with Gasteiger partial charge in [-0.1, -0.05) is 11.6 Å². The summed E-state index contributed by atoms with van der Waals surface area (Å²) in [5, 5.41) is 7.78. The van der Waals surface area contributed by atoms with Crippen molar-refractivity contribution in [1.82, 2.24) is 10.2 Å². The molecule has 2 rings (SSSR count). The first-order valence-corrected chi connectivity index (χ1v) is 9.03. The Balaban J connectivity index is 1.98. The van der Waals surface area contributed by atoms with E-state index in [0.717, 1.165) is 0 Å². The molecule has 1 unspecified atom stereocenters. The standard InChI is InChI=1S/C18H23ClN2O2S/c1-18(2,23-15-7-5-14(19)6-8-15)17(22)20-11-16(21(3)4)13-9-10-24-12-13/h5-10,12,16H,11H2,1-4H3,(H,20,22). The Labute approximate surface area is 152 Å². The van der Waals surface area contributed by atoms with Gasteiger partial charge in [-0.25, -0.2) is 0 Å². The molecule has 0 radical (unpaired) electrons. The van der Waals surface area contributed by atoms with E-state index in [1.165, 1.54) is 5.56 Å². The number of likely N-dealkylation sites (N-methyl/N-ethyl adjacent to an activating group) is 1. The number of rotatable bonds is 7. The summed E-state index contributed by atoms with van der Waals surface area (Å²) < 4.78 is 5.82. The van der Waals surface area contributed by atoms with Crippen LogP contribution in [0.1, 0.15) is 25.5 Å². The molecule has 1 atom stereocenters. The van der Waals surface area contributed by atoms with Gasteiger partial charge in [0, 0.05) is 11.6 Å². The molecule has 0 fully saturated rings. The smallest absolute Gasteiger partial charge is 0.263 e. The molecule has 1 amide bonds. The highest BCUT2D eigenvalue weighted by atomic mass is 35.5. The second-order valence-electron chi connectivity index (χ2n) is 6.31. The lowest BCUT2D eigenvalue weighted by atomic mass is 10.1. The van der Waals surface area contributed by atoms with Crippen LogP contribution >= 0.6 is 22.9 Å². The highest BCUT2D eigenvalue weighted by Gasteiger charge is 2.30. The Hall–Kier alpha value is -1.56. The minimum atomic E-state index is -0.973. The van der Waals surface area contributed by atoms with E-state index in [9.17, 15) is 4.79 Å². The second kappa shape index (κ2) is 8.01. The molecule has 1 aromatic heterocycles. The molecular weight excluding hydrogens is 344 g/mol. The van der Waals surface area contributed by atoms with Crippen molar-refractivity contribution in [3.05, 3.63) is 51.7 Å². The number of nitrogens with zero attached hydrogens (tertiary/aromatic N) is 1. The average Bonchev–Trinajstić information content (AvgIpc) is 3.03. The van der Waals surface area contributed by atoms with Crippen molar-refractivity contribution < 1.29 is 9.53 Å². The van der Waals surface area contributed by atoms with Crippen LogP contribution in [0.5, 0.6) is 5.75 Å². The van der Waals surface area contributed by atoms with Crippen molar-refractivity contribution in [2.24, 2.45) is 0 Å². The van der Waals surface area contributed by atoms with Gasteiger partial charge in [-0.2, -0.15) is 11.3 Å². The number of carbonyl (C=O) groups excluding carboxylic acids is 1. The molecule has 1 N–H and O–H groups in total. The Morgan fingerprint density at radius 3 is 2.50 bits per heavy atom. The van der Waals surface area contributed by atoms with Crippen LogP contribution < -0.4 is 10.1 Å². The van der Waals surface area contributed by atoms with Crippen LogP contribution in [0.3, 0.4) is 0 Å².